The van der Waals surface area contributed by atoms with Crippen molar-refractivity contribution in [2.24, 2.45) is 0 Å². The van der Waals surface area contributed by atoms with E-state index in [-0.39, 0.29) is 22.8 Å². The van der Waals surface area contributed by atoms with Crippen molar-refractivity contribution >= 4 is 21.9 Å². The van der Waals surface area contributed by atoms with Gasteiger partial charge >= 0.3 is 5.97 Å². The fourth-order valence-electron chi connectivity index (χ4n) is 2.08. The Balaban J connectivity index is 3.35. The Morgan fingerprint density at radius 3 is 2.33 bits per heavy atom. The van der Waals surface area contributed by atoms with E-state index >= 15 is 0 Å². The third kappa shape index (κ3) is 4.45. The molecule has 0 unspecified atom stereocenters. The quantitative estimate of drug-likeness (QED) is 0.740. The fourth-order valence-corrected chi connectivity index (χ4v) is 3.15. The predicted molar refractivity (Wildman–Crippen MR) is 87.7 cm³/mol. The van der Waals surface area contributed by atoms with E-state index < -0.39 is 28.4 Å². The van der Waals surface area contributed by atoms with Gasteiger partial charge in [0.05, 0.1) is 7.11 Å². The van der Waals surface area contributed by atoms with Crippen LogP contribution in [0.25, 0.3) is 0 Å². The number of carbonyl (C=O) groups excluding carboxylic acids is 1. The van der Waals surface area contributed by atoms with Crippen molar-refractivity contribution in [3.8, 4) is 5.75 Å². The van der Waals surface area contributed by atoms with Crippen LogP contribution in [0.4, 0.5) is 0 Å². The maximum Gasteiger partial charge on any atom is 0.323 e. The first kappa shape index (κ1) is 19.9. The molecule has 0 radical (unpaired) electrons. The Labute approximate surface area is 141 Å². The lowest BCUT2D eigenvalue weighted by Crippen LogP contribution is -2.36. The average Bonchev–Trinajstić information content (AvgIpc) is 2.52. The molecule has 1 N–H and O–H groups in total. The molecule has 1 rings (SSSR count). The first-order valence-corrected chi connectivity index (χ1v) is 8.70. The smallest absolute Gasteiger partial charge is 0.323 e. The number of carboxylic acids is 1. The van der Waals surface area contributed by atoms with Gasteiger partial charge in [0.15, 0.2) is 0 Å². The number of sulfonamides is 1. The summed E-state index contributed by atoms with van der Waals surface area (Å²) in [7, 11) is 0.261. The average molecular weight is 358 g/mol. The monoisotopic (exact) mass is 358 g/mol. The lowest BCUT2D eigenvalue weighted by atomic mass is 10.2. The van der Waals surface area contributed by atoms with Crippen LogP contribution in [0.1, 0.15) is 23.7 Å². The number of amides is 1. The van der Waals surface area contributed by atoms with Crippen LogP contribution in [0.5, 0.6) is 5.75 Å². The summed E-state index contributed by atoms with van der Waals surface area (Å²) in [6.07, 6.45) is 0.581. The van der Waals surface area contributed by atoms with Crippen LogP contribution in [0, 0.1) is 0 Å². The molecule has 0 saturated heterocycles. The molecule has 0 atom stereocenters. The number of carboxylic acid groups (broad SMARTS) is 1. The van der Waals surface area contributed by atoms with Crippen molar-refractivity contribution in [1.82, 2.24) is 9.21 Å². The number of carbonyl (C=O) groups is 2. The van der Waals surface area contributed by atoms with E-state index in [1.54, 1.807) is 0 Å². The van der Waals surface area contributed by atoms with Crippen LogP contribution in [0.3, 0.4) is 0 Å². The molecular weight excluding hydrogens is 336 g/mol. The van der Waals surface area contributed by atoms with Crippen LogP contribution in [-0.4, -0.2) is 68.9 Å². The van der Waals surface area contributed by atoms with Gasteiger partial charge in [0, 0.05) is 26.2 Å². The summed E-state index contributed by atoms with van der Waals surface area (Å²) in [5, 5.41) is 8.93. The van der Waals surface area contributed by atoms with Crippen LogP contribution in [0.15, 0.2) is 23.1 Å². The van der Waals surface area contributed by atoms with E-state index in [1.165, 1.54) is 39.4 Å². The normalized spacial score (nSPS) is 11.4. The molecule has 0 aliphatic carbocycles. The molecule has 0 spiro atoms. The van der Waals surface area contributed by atoms with Gasteiger partial charge in [-0.15, -0.1) is 0 Å². The third-order valence-electron chi connectivity index (χ3n) is 3.28. The van der Waals surface area contributed by atoms with Gasteiger partial charge in [-0.1, -0.05) is 6.92 Å². The van der Waals surface area contributed by atoms with Gasteiger partial charge in [0.2, 0.25) is 10.0 Å². The zero-order valence-corrected chi connectivity index (χ0v) is 15.0. The minimum Gasteiger partial charge on any atom is -0.495 e. The Bertz CT molecular complexity index is 715. The molecule has 0 aromatic heterocycles. The summed E-state index contributed by atoms with van der Waals surface area (Å²) in [5.74, 6) is -1.57. The summed E-state index contributed by atoms with van der Waals surface area (Å²) in [4.78, 5) is 24.5. The summed E-state index contributed by atoms with van der Waals surface area (Å²) >= 11 is 0. The number of benzene rings is 1. The van der Waals surface area contributed by atoms with Crippen molar-refractivity contribution in [3.63, 3.8) is 0 Å². The van der Waals surface area contributed by atoms with E-state index in [4.69, 9.17) is 9.84 Å². The van der Waals surface area contributed by atoms with Crippen molar-refractivity contribution in [3.05, 3.63) is 23.8 Å². The van der Waals surface area contributed by atoms with E-state index in [2.05, 4.69) is 0 Å². The molecule has 9 heteroatoms. The van der Waals surface area contributed by atoms with E-state index in [9.17, 15) is 18.0 Å². The highest BCUT2D eigenvalue weighted by Gasteiger charge is 2.25. The molecule has 0 heterocycles. The first-order chi connectivity index (χ1) is 11.1. The molecule has 24 heavy (non-hydrogen) atoms. The van der Waals surface area contributed by atoms with E-state index in [0.717, 1.165) is 9.21 Å². The maximum absolute atomic E-state index is 12.5. The second-order valence-electron chi connectivity index (χ2n) is 5.27. The zero-order valence-electron chi connectivity index (χ0n) is 14.1. The zero-order chi connectivity index (χ0) is 18.5. The predicted octanol–water partition coefficient (Wildman–Crippen LogP) is 0.882. The molecule has 0 fully saturated rings. The van der Waals surface area contributed by atoms with Crippen molar-refractivity contribution in [1.29, 1.82) is 0 Å². The highest BCUT2D eigenvalue weighted by atomic mass is 32.2. The Morgan fingerprint density at radius 1 is 1.25 bits per heavy atom. The van der Waals surface area contributed by atoms with E-state index in [0.29, 0.717) is 6.42 Å². The van der Waals surface area contributed by atoms with Gasteiger partial charge in [-0.3, -0.25) is 9.59 Å². The molecule has 1 aromatic rings. The SMILES string of the molecule is CCCN(CC(=O)O)C(=O)c1ccc(OC)c(S(=O)(=O)N(C)C)c1. The number of aliphatic carboxylic acids is 1. The Hall–Kier alpha value is -2.13. The van der Waals surface area contributed by atoms with Crippen LogP contribution in [0.2, 0.25) is 0 Å². The van der Waals surface area contributed by atoms with Gasteiger partial charge < -0.3 is 14.7 Å². The summed E-state index contributed by atoms with van der Waals surface area (Å²) in [5.41, 5.74) is 0.0888. The highest BCUT2D eigenvalue weighted by molar-refractivity contribution is 7.89. The lowest BCUT2D eigenvalue weighted by molar-refractivity contribution is -0.137. The minimum absolute atomic E-state index is 0.0888. The topological polar surface area (TPSA) is 104 Å². The molecule has 1 aromatic carbocycles. The van der Waals surface area contributed by atoms with Gasteiger partial charge in [-0.2, -0.15) is 0 Å². The number of hydrogen-bond acceptors (Lipinski definition) is 5. The molecule has 8 nitrogen and oxygen atoms in total. The minimum atomic E-state index is -3.82. The van der Waals surface area contributed by atoms with Crippen LogP contribution in [-0.2, 0) is 14.8 Å². The molecule has 0 aliphatic heterocycles. The number of hydrogen-bond donors (Lipinski definition) is 1. The van der Waals surface area contributed by atoms with E-state index in [1.807, 2.05) is 6.92 Å². The standard InChI is InChI=1S/C15H22N2O6S/c1-5-8-17(10-14(18)19)15(20)11-6-7-12(23-4)13(9-11)24(21,22)16(2)3/h6-7,9H,5,8,10H2,1-4H3,(H,18,19). The van der Waals surface area contributed by atoms with Crippen LogP contribution >= 0.6 is 0 Å². The van der Waals surface area contributed by atoms with Crippen molar-refractivity contribution < 1.29 is 27.9 Å². The highest BCUT2D eigenvalue weighted by Crippen LogP contribution is 2.27. The molecular formula is C15H22N2O6S. The Morgan fingerprint density at radius 2 is 1.88 bits per heavy atom. The number of methoxy groups -OCH3 is 1. The third-order valence-corrected chi connectivity index (χ3v) is 5.11. The molecule has 1 amide bonds. The largest absolute Gasteiger partial charge is 0.495 e. The van der Waals surface area contributed by atoms with Crippen molar-refractivity contribution in [2.45, 2.75) is 18.2 Å². The van der Waals surface area contributed by atoms with Gasteiger partial charge in [0.25, 0.3) is 5.91 Å². The summed E-state index contributed by atoms with van der Waals surface area (Å²) in [6.45, 7) is 1.62. The number of rotatable bonds is 8. The molecule has 0 bridgehead atoms. The van der Waals surface area contributed by atoms with Gasteiger partial charge in [0.1, 0.15) is 17.2 Å². The van der Waals surface area contributed by atoms with Gasteiger partial charge in [-0.25, -0.2) is 12.7 Å². The second-order valence-corrected chi connectivity index (χ2v) is 7.39. The number of ether oxygens (including phenoxy) is 1. The first-order valence-electron chi connectivity index (χ1n) is 7.26. The molecule has 134 valence electrons. The Kier molecular flexibility index (Phi) is 6.73. The maximum atomic E-state index is 12.5. The number of nitrogens with zero attached hydrogens (tertiary/aromatic N) is 2. The summed E-state index contributed by atoms with van der Waals surface area (Å²) < 4.78 is 30.9. The fraction of sp³-hybridized carbons (Fsp3) is 0.467. The lowest BCUT2D eigenvalue weighted by Gasteiger charge is -2.21. The molecule has 0 aliphatic rings. The second kappa shape index (κ2) is 8.11. The molecule has 0 saturated carbocycles. The summed E-state index contributed by atoms with van der Waals surface area (Å²) in [6, 6.07) is 4.01. The van der Waals surface area contributed by atoms with Gasteiger partial charge in [-0.05, 0) is 24.6 Å². The van der Waals surface area contributed by atoms with Crippen molar-refractivity contribution in [2.75, 3.05) is 34.3 Å². The van der Waals surface area contributed by atoms with Crippen LogP contribution < -0.4 is 4.74 Å².